The van der Waals surface area contributed by atoms with Crippen LogP contribution in [-0.4, -0.2) is 43.7 Å². The summed E-state index contributed by atoms with van der Waals surface area (Å²) in [5.41, 5.74) is -0.415. The number of hydrogen-bond acceptors (Lipinski definition) is 3. The number of nitrogens with one attached hydrogen (secondary N) is 1. The van der Waals surface area contributed by atoms with E-state index in [1.165, 1.54) is 0 Å². The Kier molecular flexibility index (Phi) is 4.93. The molecule has 0 aromatic rings. The molecule has 0 rings (SSSR count). The van der Waals surface area contributed by atoms with Gasteiger partial charge in [0.05, 0.1) is 20.1 Å². The fraction of sp³-hybridized carbons (Fsp3) is 0.818. The second kappa shape index (κ2) is 5.30. The SMILES string of the molecule is CCC(C)(C)C(=O)NC[15N+]([13CH3])([13CH3])CC(=O)[O-]. The van der Waals surface area contributed by atoms with Gasteiger partial charge >= 0.3 is 0 Å². The largest absolute Gasteiger partial charge is 0.544 e. The molecule has 1 amide bonds. The Balaban J connectivity index is 4.25. The molecule has 0 saturated heterocycles. The number of carbonyl (C=O) groups is 2. The van der Waals surface area contributed by atoms with E-state index in [1.54, 1.807) is 14.1 Å². The molecular weight excluding hydrogens is 211 g/mol. The van der Waals surface area contributed by atoms with Gasteiger partial charge < -0.3 is 19.7 Å². The van der Waals surface area contributed by atoms with Crippen molar-refractivity contribution in [1.29, 1.82) is 0 Å². The van der Waals surface area contributed by atoms with Gasteiger partial charge in [-0.1, -0.05) is 20.8 Å². The third-order valence-electron chi connectivity index (χ3n) is 2.72. The molecule has 0 fully saturated rings. The molecule has 0 heterocycles. The van der Waals surface area contributed by atoms with Crippen LogP contribution >= 0.6 is 0 Å². The zero-order valence-corrected chi connectivity index (χ0v) is 10.8. The first-order valence-corrected chi connectivity index (χ1v) is 5.41. The standard InChI is InChI=1S/C11H22N2O3/c1-6-11(2,3)10(16)12-8-13(4,5)7-9(14)15/h6-8H2,1-5H3,(H-,12,14,15,16)/i4+1,5+1,13+1. The van der Waals surface area contributed by atoms with Crippen molar-refractivity contribution in [3.05, 3.63) is 0 Å². The fourth-order valence-corrected chi connectivity index (χ4v) is 1.09. The van der Waals surface area contributed by atoms with Crippen LogP contribution in [0, 0.1) is 5.41 Å². The molecule has 16 heavy (non-hydrogen) atoms. The van der Waals surface area contributed by atoms with Gasteiger partial charge in [-0.15, -0.1) is 0 Å². The maximum Gasteiger partial charge on any atom is 0.229 e. The zero-order chi connectivity index (χ0) is 13.0. The van der Waals surface area contributed by atoms with Crippen molar-refractivity contribution in [2.75, 3.05) is 27.3 Å². The summed E-state index contributed by atoms with van der Waals surface area (Å²) in [5, 5.41) is 13.2. The van der Waals surface area contributed by atoms with E-state index in [0.717, 1.165) is 6.42 Å². The van der Waals surface area contributed by atoms with E-state index >= 15 is 0 Å². The van der Waals surface area contributed by atoms with Crippen LogP contribution in [0.5, 0.6) is 0 Å². The number of nitrogens with zero attached hydrogens (tertiary/aromatic N) is 1. The highest BCUT2D eigenvalue weighted by atomic mass is 16.4. The summed E-state index contributed by atoms with van der Waals surface area (Å²) in [6, 6.07) is 0. The normalized spacial score (nSPS) is 12.3. The van der Waals surface area contributed by atoms with E-state index in [0.29, 0.717) is 0 Å². The Hall–Kier alpha value is -1.10. The molecule has 0 atom stereocenters. The monoisotopic (exact) mass is 233 g/mol. The van der Waals surface area contributed by atoms with Gasteiger partial charge in [-0.3, -0.25) is 4.79 Å². The number of likely N-dealkylation sites (N-methyl/N-ethyl adjacent to an activating group) is 1. The molecule has 0 saturated carbocycles. The van der Waals surface area contributed by atoms with Crippen molar-refractivity contribution >= 4 is 11.9 Å². The quantitative estimate of drug-likeness (QED) is 0.286. The fourth-order valence-electron chi connectivity index (χ4n) is 1.09. The van der Waals surface area contributed by atoms with Crippen molar-refractivity contribution < 1.29 is 19.2 Å². The lowest BCUT2D eigenvalue weighted by Gasteiger charge is -2.31. The predicted octanol–water partition coefficient (Wildman–Crippen LogP) is -0.677. The smallest absolute Gasteiger partial charge is 0.229 e. The molecule has 0 radical (unpaired) electrons. The number of quaternary nitrogens is 1. The Morgan fingerprint density at radius 1 is 1.31 bits per heavy atom. The Bertz CT molecular complexity index is 272. The molecule has 0 aliphatic carbocycles. The van der Waals surface area contributed by atoms with Crippen molar-refractivity contribution in [3.8, 4) is 0 Å². The number of rotatable bonds is 6. The number of carbonyl (C=O) groups excluding carboxylic acids is 2. The third-order valence-corrected chi connectivity index (χ3v) is 2.72. The average Bonchev–Trinajstić information content (AvgIpc) is 2.12. The highest BCUT2D eigenvalue weighted by molar-refractivity contribution is 5.81. The van der Waals surface area contributed by atoms with Crippen LogP contribution in [0.1, 0.15) is 27.2 Å². The first-order valence-electron chi connectivity index (χ1n) is 5.41. The summed E-state index contributed by atoms with van der Waals surface area (Å²) >= 11 is 0. The number of carboxylic acids is 1. The summed E-state index contributed by atoms with van der Waals surface area (Å²) in [7, 11) is 3.46. The number of hydrogen-bond donors (Lipinski definition) is 1. The zero-order valence-electron chi connectivity index (χ0n) is 10.8. The van der Waals surface area contributed by atoms with E-state index < -0.39 is 11.4 Å². The van der Waals surface area contributed by atoms with Gasteiger partial charge in [0.1, 0.15) is 6.54 Å². The number of carboxylic acid groups (broad SMARTS) is 1. The first-order chi connectivity index (χ1) is 7.10. The van der Waals surface area contributed by atoms with Gasteiger partial charge in [0, 0.05) is 5.41 Å². The molecule has 1 N–H and O–H groups in total. The second-order valence-electron chi connectivity index (χ2n) is 5.37. The summed E-state index contributed by atoms with van der Waals surface area (Å²) in [6.07, 6.45) is 0.743. The van der Waals surface area contributed by atoms with Crippen LogP contribution in [0.4, 0.5) is 0 Å². The molecular formula is C11H22N2O3. The minimum absolute atomic E-state index is 0.0560. The van der Waals surface area contributed by atoms with Crippen LogP contribution in [0.25, 0.3) is 0 Å². The van der Waals surface area contributed by atoms with Crippen molar-refractivity contribution in [2.24, 2.45) is 5.41 Å². The Morgan fingerprint density at radius 3 is 2.19 bits per heavy atom. The average molecular weight is 233 g/mol. The summed E-state index contributed by atoms with van der Waals surface area (Å²) in [4.78, 5) is 22.2. The highest BCUT2D eigenvalue weighted by Gasteiger charge is 2.27. The van der Waals surface area contributed by atoms with Crippen LogP contribution in [0.3, 0.4) is 0 Å². The van der Waals surface area contributed by atoms with E-state index in [9.17, 15) is 14.7 Å². The summed E-state index contributed by atoms with van der Waals surface area (Å²) in [5.74, 6) is -1.17. The van der Waals surface area contributed by atoms with Gasteiger partial charge in [-0.25, -0.2) is 0 Å². The lowest BCUT2D eigenvalue weighted by atomic mass is 9.89. The molecule has 5 nitrogen and oxygen atoms in total. The Labute approximate surface area is 97.0 Å². The van der Waals surface area contributed by atoms with Gasteiger partial charge in [0.2, 0.25) is 5.91 Å². The molecule has 0 aromatic carbocycles. The van der Waals surface area contributed by atoms with Crippen LogP contribution in [0.2, 0.25) is 0 Å². The van der Waals surface area contributed by atoms with Gasteiger partial charge in [-0.05, 0) is 6.42 Å². The van der Waals surface area contributed by atoms with E-state index in [2.05, 4.69) is 5.32 Å². The van der Waals surface area contributed by atoms with Crippen LogP contribution < -0.4 is 10.4 Å². The molecule has 0 aliphatic rings. The molecule has 0 bridgehead atoms. The van der Waals surface area contributed by atoms with Crippen molar-refractivity contribution in [2.45, 2.75) is 27.2 Å². The molecule has 0 aromatic heterocycles. The van der Waals surface area contributed by atoms with E-state index in [-0.39, 0.29) is 23.6 Å². The van der Waals surface area contributed by atoms with Gasteiger partial charge in [0.25, 0.3) is 0 Å². The van der Waals surface area contributed by atoms with E-state index in [4.69, 9.17) is 0 Å². The second-order valence-corrected chi connectivity index (χ2v) is 5.37. The topological polar surface area (TPSA) is 69.2 Å². The lowest BCUT2D eigenvalue weighted by molar-refractivity contribution is -0.886. The first kappa shape index (κ1) is 14.9. The van der Waals surface area contributed by atoms with E-state index in [1.807, 2.05) is 20.8 Å². The van der Waals surface area contributed by atoms with Crippen molar-refractivity contribution in [3.63, 3.8) is 0 Å². The number of amides is 1. The predicted molar refractivity (Wildman–Crippen MR) is 59.1 cm³/mol. The van der Waals surface area contributed by atoms with Crippen LogP contribution in [0.15, 0.2) is 0 Å². The molecule has 94 valence electrons. The molecule has 0 spiro atoms. The minimum atomic E-state index is -1.12. The Morgan fingerprint density at radius 2 is 1.81 bits per heavy atom. The highest BCUT2D eigenvalue weighted by Crippen LogP contribution is 2.19. The maximum atomic E-state index is 11.7. The molecule has 0 aliphatic heterocycles. The summed E-state index contributed by atoms with van der Waals surface area (Å²) < 4.78 is 0.174. The maximum absolute atomic E-state index is 11.7. The van der Waals surface area contributed by atoms with Crippen molar-refractivity contribution in [1.82, 2.24) is 5.32 Å². The van der Waals surface area contributed by atoms with Crippen LogP contribution in [-0.2, 0) is 9.59 Å². The molecule has 0 unspecified atom stereocenters. The number of aliphatic carboxylic acids is 1. The third kappa shape index (κ3) is 5.11. The minimum Gasteiger partial charge on any atom is -0.544 e. The van der Waals surface area contributed by atoms with Gasteiger partial charge in [0.15, 0.2) is 6.67 Å². The molecule has 5 heteroatoms. The lowest BCUT2D eigenvalue weighted by Crippen LogP contribution is -2.55. The summed E-state index contributed by atoms with van der Waals surface area (Å²) in [6.45, 7) is 5.84. The van der Waals surface area contributed by atoms with Gasteiger partial charge in [-0.2, -0.15) is 0 Å².